The highest BCUT2D eigenvalue weighted by molar-refractivity contribution is 7.99. The number of aliphatic hydroxyl groups is 1. The lowest BCUT2D eigenvalue weighted by Gasteiger charge is -2.22. The van der Waals surface area contributed by atoms with Gasteiger partial charge in [0.2, 0.25) is 5.91 Å². The Morgan fingerprint density at radius 2 is 2.17 bits per heavy atom. The van der Waals surface area contributed by atoms with Crippen molar-refractivity contribution < 1.29 is 24.2 Å². The lowest BCUT2D eigenvalue weighted by molar-refractivity contribution is -0.137. The Morgan fingerprint density at radius 3 is 2.97 bits per heavy atom. The van der Waals surface area contributed by atoms with Crippen LogP contribution in [0.4, 0.5) is 0 Å². The van der Waals surface area contributed by atoms with Gasteiger partial charge in [-0.05, 0) is 30.7 Å². The number of likely N-dealkylation sites (tertiary alicyclic amines) is 1. The van der Waals surface area contributed by atoms with Crippen LogP contribution in [0.15, 0.2) is 46.9 Å². The molecule has 0 bridgehead atoms. The van der Waals surface area contributed by atoms with Gasteiger partial charge in [0.05, 0.1) is 12.1 Å². The largest absolute Gasteiger partial charge is 0.481 e. The Morgan fingerprint density at radius 1 is 1.34 bits per heavy atom. The van der Waals surface area contributed by atoms with E-state index in [-0.39, 0.29) is 18.4 Å². The summed E-state index contributed by atoms with van der Waals surface area (Å²) in [7, 11) is 0. The molecule has 2 atom stereocenters. The summed E-state index contributed by atoms with van der Waals surface area (Å²) in [4.78, 5) is 24.5. The summed E-state index contributed by atoms with van der Waals surface area (Å²) >= 11 is 1.67. The van der Waals surface area contributed by atoms with Gasteiger partial charge in [-0.25, -0.2) is 0 Å². The third kappa shape index (κ3) is 6.37. The van der Waals surface area contributed by atoms with Crippen molar-refractivity contribution in [3.8, 4) is 0 Å². The van der Waals surface area contributed by atoms with Crippen molar-refractivity contribution in [1.82, 2.24) is 4.90 Å². The van der Waals surface area contributed by atoms with Crippen molar-refractivity contribution in [2.45, 2.75) is 44.2 Å². The molecule has 7 heteroatoms. The maximum atomic E-state index is 12.2. The van der Waals surface area contributed by atoms with Crippen LogP contribution < -0.4 is 0 Å². The summed E-state index contributed by atoms with van der Waals surface area (Å²) in [6.07, 6.45) is 5.52. The second-order valence-corrected chi connectivity index (χ2v) is 8.43. The molecule has 1 aromatic heterocycles. The fourth-order valence-corrected chi connectivity index (χ4v) is 4.38. The number of aliphatic carboxylic acids is 1. The molecule has 2 heterocycles. The predicted octanol–water partition coefficient (Wildman–Crippen LogP) is 3.48. The minimum absolute atomic E-state index is 0.00689. The summed E-state index contributed by atoms with van der Waals surface area (Å²) in [5, 5.41) is 20.0. The molecule has 3 rings (SSSR count). The number of carboxylic acids is 1. The van der Waals surface area contributed by atoms with E-state index in [1.54, 1.807) is 17.8 Å². The normalized spacial score (nSPS) is 18.2. The second-order valence-electron chi connectivity index (χ2n) is 7.21. The van der Waals surface area contributed by atoms with E-state index in [2.05, 4.69) is 0 Å². The first-order valence-electron chi connectivity index (χ1n) is 9.96. The highest BCUT2D eigenvalue weighted by atomic mass is 32.2. The summed E-state index contributed by atoms with van der Waals surface area (Å²) in [5.41, 5.74) is 0.812. The van der Waals surface area contributed by atoms with Crippen LogP contribution >= 0.6 is 11.8 Å². The molecule has 1 saturated heterocycles. The molecule has 1 amide bonds. The molecule has 1 fully saturated rings. The number of hydrogen-bond donors (Lipinski definition) is 2. The van der Waals surface area contributed by atoms with Crippen molar-refractivity contribution in [3.05, 3.63) is 48.2 Å². The number of benzene rings is 1. The zero-order valence-electron chi connectivity index (χ0n) is 16.3. The number of rotatable bonds is 11. The van der Waals surface area contributed by atoms with Gasteiger partial charge in [0.15, 0.2) is 0 Å². The third-order valence-corrected chi connectivity index (χ3v) is 6.02. The lowest BCUT2D eigenvalue weighted by atomic mass is 10.1. The third-order valence-electron chi connectivity index (χ3n) is 4.97. The number of nitrogens with zero attached hydrogens (tertiary/aromatic N) is 1. The van der Waals surface area contributed by atoms with E-state index in [0.29, 0.717) is 25.8 Å². The number of carbonyl (C=O) groups is 2. The molecule has 2 aromatic rings. The van der Waals surface area contributed by atoms with Crippen LogP contribution in [0.2, 0.25) is 0 Å². The highest BCUT2D eigenvalue weighted by Gasteiger charge is 2.28. The van der Waals surface area contributed by atoms with Crippen molar-refractivity contribution in [1.29, 1.82) is 0 Å². The summed E-state index contributed by atoms with van der Waals surface area (Å²) in [6, 6.07) is 9.71. The quantitative estimate of drug-likeness (QED) is 0.430. The standard InChI is InChI=1S/C22H27NO5S/c24-18(15-19-14-16-4-1-2-5-20(16)28-19)9-7-17-8-10-21(25)23(17)11-13-29-12-3-6-22(26)27/h1-2,4-5,7,9,14,17-18,24H,3,6,8,10-13,15H2,(H,26,27)/t17-,18+/m0/s1. The fraction of sp³-hybridized carbons (Fsp3) is 0.455. The average Bonchev–Trinajstić information content (AvgIpc) is 3.25. The van der Waals surface area contributed by atoms with Crippen LogP contribution in [0.1, 0.15) is 31.4 Å². The van der Waals surface area contributed by atoms with E-state index in [1.807, 2.05) is 41.3 Å². The summed E-state index contributed by atoms with van der Waals surface area (Å²) in [6.45, 7) is 0.644. The number of carbonyl (C=O) groups excluding carboxylic acids is 1. The molecule has 2 N–H and O–H groups in total. The molecule has 6 nitrogen and oxygen atoms in total. The number of para-hydroxylation sites is 1. The molecule has 0 spiro atoms. The van der Waals surface area contributed by atoms with Gasteiger partial charge < -0.3 is 19.5 Å². The lowest BCUT2D eigenvalue weighted by Crippen LogP contribution is -2.34. The predicted molar refractivity (Wildman–Crippen MR) is 114 cm³/mol. The monoisotopic (exact) mass is 417 g/mol. The molecule has 0 saturated carbocycles. The Labute approximate surface area is 174 Å². The smallest absolute Gasteiger partial charge is 0.303 e. The van der Waals surface area contributed by atoms with Crippen LogP contribution in [-0.2, 0) is 16.0 Å². The van der Waals surface area contributed by atoms with Crippen molar-refractivity contribution in [2.75, 3.05) is 18.1 Å². The van der Waals surface area contributed by atoms with E-state index in [1.165, 1.54) is 0 Å². The zero-order valence-corrected chi connectivity index (χ0v) is 17.1. The molecule has 1 aliphatic rings. The molecule has 156 valence electrons. The van der Waals surface area contributed by atoms with Crippen molar-refractivity contribution >= 4 is 34.6 Å². The van der Waals surface area contributed by atoms with Gasteiger partial charge in [0.25, 0.3) is 0 Å². The van der Waals surface area contributed by atoms with Crippen LogP contribution in [0.3, 0.4) is 0 Å². The molecule has 1 aliphatic heterocycles. The molecule has 0 radical (unpaired) electrons. The summed E-state index contributed by atoms with van der Waals surface area (Å²) in [5.74, 6) is 1.67. The van der Waals surface area contributed by atoms with Gasteiger partial charge >= 0.3 is 5.97 Å². The maximum Gasteiger partial charge on any atom is 0.303 e. The van der Waals surface area contributed by atoms with E-state index < -0.39 is 12.1 Å². The van der Waals surface area contributed by atoms with Gasteiger partial charge in [-0.1, -0.05) is 30.4 Å². The van der Waals surface area contributed by atoms with Gasteiger partial charge in [-0.2, -0.15) is 11.8 Å². The highest BCUT2D eigenvalue weighted by Crippen LogP contribution is 2.22. The topological polar surface area (TPSA) is 91.0 Å². The van der Waals surface area contributed by atoms with Gasteiger partial charge in [0, 0.05) is 36.9 Å². The second kappa shape index (κ2) is 10.5. The van der Waals surface area contributed by atoms with E-state index >= 15 is 0 Å². The Bertz CT molecular complexity index is 829. The number of fused-ring (bicyclic) bond motifs is 1. The Balaban J connectivity index is 1.46. The van der Waals surface area contributed by atoms with Crippen molar-refractivity contribution in [3.63, 3.8) is 0 Å². The van der Waals surface area contributed by atoms with E-state index in [4.69, 9.17) is 9.52 Å². The first-order valence-corrected chi connectivity index (χ1v) is 11.1. The Kier molecular flexibility index (Phi) is 7.77. The van der Waals surface area contributed by atoms with Crippen molar-refractivity contribution in [2.24, 2.45) is 0 Å². The number of carboxylic acid groups (broad SMARTS) is 1. The van der Waals surface area contributed by atoms with Gasteiger partial charge in [-0.15, -0.1) is 0 Å². The van der Waals surface area contributed by atoms with E-state index in [0.717, 1.165) is 34.7 Å². The van der Waals surface area contributed by atoms with Crippen LogP contribution in [0.5, 0.6) is 0 Å². The average molecular weight is 418 g/mol. The first kappa shape index (κ1) is 21.5. The van der Waals surface area contributed by atoms with Gasteiger partial charge in [0.1, 0.15) is 11.3 Å². The first-order chi connectivity index (χ1) is 14.0. The molecule has 0 aliphatic carbocycles. The SMILES string of the molecule is O=C(O)CCCSCCN1C(=O)CC[C@@H]1C=C[C@@H](O)Cc1cc2ccccc2o1. The number of aliphatic hydroxyl groups excluding tert-OH is 1. The molecule has 29 heavy (non-hydrogen) atoms. The number of hydrogen-bond acceptors (Lipinski definition) is 5. The maximum absolute atomic E-state index is 12.2. The zero-order chi connectivity index (χ0) is 20.6. The molecule has 1 aromatic carbocycles. The van der Waals surface area contributed by atoms with Crippen LogP contribution in [0.25, 0.3) is 11.0 Å². The molecular formula is C22H27NO5S. The van der Waals surface area contributed by atoms with Crippen LogP contribution in [0, 0.1) is 0 Å². The van der Waals surface area contributed by atoms with Crippen LogP contribution in [-0.4, -0.2) is 57.2 Å². The minimum Gasteiger partial charge on any atom is -0.481 e. The fourth-order valence-electron chi connectivity index (χ4n) is 3.50. The van der Waals surface area contributed by atoms with Gasteiger partial charge in [-0.3, -0.25) is 9.59 Å². The van der Waals surface area contributed by atoms with E-state index in [9.17, 15) is 14.7 Å². The number of furan rings is 1. The molecule has 0 unspecified atom stereocenters. The summed E-state index contributed by atoms with van der Waals surface area (Å²) < 4.78 is 5.75. The number of amides is 1. The Hall–Kier alpha value is -2.25. The number of thioether (sulfide) groups is 1. The minimum atomic E-state index is -0.772. The molecular weight excluding hydrogens is 390 g/mol.